The van der Waals surface area contributed by atoms with Crippen LogP contribution in [0.15, 0.2) is 74.9 Å². The second-order valence-electron chi connectivity index (χ2n) is 6.79. The van der Waals surface area contributed by atoms with Crippen LogP contribution < -0.4 is 0 Å². The van der Waals surface area contributed by atoms with Gasteiger partial charge in [0.15, 0.2) is 5.58 Å². The average molecular weight is 456 g/mol. The maximum Gasteiger partial charge on any atom is 0.298 e. The highest BCUT2D eigenvalue weighted by molar-refractivity contribution is 7.86. The summed E-state index contributed by atoms with van der Waals surface area (Å²) in [6, 6.07) is 15.5. The molecule has 0 saturated carbocycles. The van der Waals surface area contributed by atoms with Gasteiger partial charge in [-0.3, -0.25) is 9.11 Å². The van der Waals surface area contributed by atoms with Crippen molar-refractivity contribution in [2.24, 2.45) is 0 Å². The molecule has 5 rings (SSSR count). The number of benzene rings is 3. The Balaban J connectivity index is 1.84. The molecule has 0 spiro atoms. The number of rotatable bonds is 3. The van der Waals surface area contributed by atoms with Crippen molar-refractivity contribution < 1.29 is 30.4 Å². The summed E-state index contributed by atoms with van der Waals surface area (Å²) in [5, 5.41) is 1.39. The van der Waals surface area contributed by atoms with Gasteiger partial charge in [0.25, 0.3) is 20.2 Å². The fraction of sp³-hybridized carbons (Fsp3) is 0. The first-order chi connectivity index (χ1) is 14.6. The molecule has 2 N–H and O–H groups in total. The minimum absolute atomic E-state index is 0.0250. The van der Waals surface area contributed by atoms with Crippen LogP contribution in [0, 0.1) is 0 Å². The summed E-state index contributed by atoms with van der Waals surface area (Å²) in [5.74, 6) is 0.0250. The van der Waals surface area contributed by atoms with E-state index in [1.54, 1.807) is 12.1 Å². The zero-order valence-electron chi connectivity index (χ0n) is 15.4. The number of aromatic nitrogens is 2. The molecule has 5 aromatic rings. The molecule has 2 aromatic heterocycles. The van der Waals surface area contributed by atoms with Gasteiger partial charge in [-0.15, -0.1) is 0 Å². The molecule has 0 unspecified atom stereocenters. The third-order valence-corrected chi connectivity index (χ3v) is 6.52. The summed E-state index contributed by atoms with van der Waals surface area (Å²) in [5.41, 5.74) is 0.926. The van der Waals surface area contributed by atoms with Crippen molar-refractivity contribution in [2.45, 2.75) is 9.79 Å². The van der Waals surface area contributed by atoms with E-state index < -0.39 is 30.0 Å². The predicted molar refractivity (Wildman–Crippen MR) is 112 cm³/mol. The normalized spacial score (nSPS) is 12.7. The van der Waals surface area contributed by atoms with Crippen molar-refractivity contribution in [3.8, 4) is 11.6 Å². The van der Waals surface area contributed by atoms with Crippen LogP contribution in [-0.4, -0.2) is 35.9 Å². The topological polar surface area (TPSA) is 148 Å². The fourth-order valence-corrected chi connectivity index (χ4v) is 4.56. The first-order valence-electron chi connectivity index (χ1n) is 8.80. The van der Waals surface area contributed by atoms with Crippen LogP contribution in [-0.2, 0) is 20.2 Å². The molecule has 9 nitrogen and oxygen atoms in total. The quantitative estimate of drug-likeness (QED) is 0.388. The lowest BCUT2D eigenvalue weighted by atomic mass is 10.1. The van der Waals surface area contributed by atoms with E-state index in [1.807, 2.05) is 24.3 Å². The standard InChI is InChI=1S/C20H12N2O7S2/c23-30(24,25)13-6-7-14-12(9-13)10-17(31(26,27)28)19-18(14)22-20(29-19)16-8-5-11-3-1-2-4-15(11)21-16/h1-10H,(H,23,24,25)(H,26,27,28). The summed E-state index contributed by atoms with van der Waals surface area (Å²) >= 11 is 0. The first-order valence-corrected chi connectivity index (χ1v) is 11.7. The Morgan fingerprint density at radius 1 is 0.774 bits per heavy atom. The highest BCUT2D eigenvalue weighted by atomic mass is 32.2. The first kappa shape index (κ1) is 19.6. The molecule has 156 valence electrons. The third-order valence-electron chi connectivity index (χ3n) is 4.81. The molecular weight excluding hydrogens is 444 g/mol. The smallest absolute Gasteiger partial charge is 0.298 e. The van der Waals surface area contributed by atoms with Crippen molar-refractivity contribution in [1.29, 1.82) is 0 Å². The second-order valence-corrected chi connectivity index (χ2v) is 9.61. The number of pyridine rings is 1. The summed E-state index contributed by atoms with van der Waals surface area (Å²) in [6.45, 7) is 0. The number of nitrogens with zero attached hydrogens (tertiary/aromatic N) is 2. The molecule has 0 aliphatic heterocycles. The maximum absolute atomic E-state index is 12.0. The third kappa shape index (κ3) is 3.33. The molecule has 0 fully saturated rings. The Morgan fingerprint density at radius 2 is 1.55 bits per heavy atom. The molecule has 0 amide bonds. The minimum Gasteiger partial charge on any atom is -0.433 e. The van der Waals surface area contributed by atoms with Crippen LogP contribution in [0.5, 0.6) is 0 Å². The van der Waals surface area contributed by atoms with E-state index in [9.17, 15) is 25.9 Å². The number of para-hydroxylation sites is 1. The van der Waals surface area contributed by atoms with Gasteiger partial charge in [0, 0.05) is 10.8 Å². The number of hydrogen-bond acceptors (Lipinski definition) is 7. The molecule has 0 bridgehead atoms. The maximum atomic E-state index is 12.0. The molecular formula is C20H12N2O7S2. The summed E-state index contributed by atoms with van der Waals surface area (Å²) < 4.78 is 71.6. The minimum atomic E-state index is -4.74. The molecule has 3 aromatic carbocycles. The van der Waals surface area contributed by atoms with Crippen molar-refractivity contribution >= 4 is 53.0 Å². The second kappa shape index (κ2) is 6.56. The molecule has 0 radical (unpaired) electrons. The predicted octanol–water partition coefficient (Wildman–Crippen LogP) is 3.69. The monoisotopic (exact) mass is 456 g/mol. The van der Waals surface area contributed by atoms with Crippen LogP contribution in [0.4, 0.5) is 0 Å². The number of oxazole rings is 1. The van der Waals surface area contributed by atoms with Crippen molar-refractivity contribution in [1.82, 2.24) is 9.97 Å². The van der Waals surface area contributed by atoms with Gasteiger partial charge >= 0.3 is 0 Å². The van der Waals surface area contributed by atoms with E-state index in [0.29, 0.717) is 16.6 Å². The highest BCUT2D eigenvalue weighted by Crippen LogP contribution is 2.35. The van der Waals surface area contributed by atoms with Crippen LogP contribution in [0.2, 0.25) is 0 Å². The van der Waals surface area contributed by atoms with Crippen LogP contribution in [0.3, 0.4) is 0 Å². The van der Waals surface area contributed by atoms with E-state index >= 15 is 0 Å². The molecule has 2 heterocycles. The van der Waals surface area contributed by atoms with Gasteiger partial charge < -0.3 is 4.42 Å². The van der Waals surface area contributed by atoms with Crippen molar-refractivity contribution in [3.63, 3.8) is 0 Å². The Labute approximate surface area is 175 Å². The lowest BCUT2D eigenvalue weighted by Gasteiger charge is -2.04. The van der Waals surface area contributed by atoms with E-state index in [4.69, 9.17) is 4.42 Å². The highest BCUT2D eigenvalue weighted by Gasteiger charge is 2.24. The van der Waals surface area contributed by atoms with Gasteiger partial charge in [-0.25, -0.2) is 9.97 Å². The van der Waals surface area contributed by atoms with Crippen LogP contribution in [0.25, 0.3) is 44.4 Å². The molecule has 0 aliphatic rings. The van der Waals surface area contributed by atoms with E-state index in [1.165, 1.54) is 6.07 Å². The van der Waals surface area contributed by atoms with Crippen LogP contribution >= 0.6 is 0 Å². The Bertz CT molecular complexity index is 1740. The zero-order chi connectivity index (χ0) is 22.0. The van der Waals surface area contributed by atoms with Gasteiger partial charge in [-0.2, -0.15) is 16.8 Å². The van der Waals surface area contributed by atoms with Gasteiger partial charge in [-0.1, -0.05) is 30.3 Å². The molecule has 0 saturated heterocycles. The molecule has 0 atom stereocenters. The van der Waals surface area contributed by atoms with Gasteiger partial charge in [0.2, 0.25) is 5.89 Å². The van der Waals surface area contributed by atoms with Crippen LogP contribution in [0.1, 0.15) is 0 Å². The van der Waals surface area contributed by atoms with Gasteiger partial charge in [0.1, 0.15) is 16.1 Å². The molecule has 31 heavy (non-hydrogen) atoms. The summed E-state index contributed by atoms with van der Waals surface area (Å²) in [6.07, 6.45) is 0. The average Bonchev–Trinajstić information content (AvgIpc) is 3.16. The van der Waals surface area contributed by atoms with Crippen molar-refractivity contribution in [2.75, 3.05) is 0 Å². The fourth-order valence-electron chi connectivity index (χ4n) is 3.40. The number of hydrogen-bond donors (Lipinski definition) is 2. The van der Waals surface area contributed by atoms with Gasteiger partial charge in [-0.05, 0) is 35.7 Å². The van der Waals surface area contributed by atoms with E-state index in [2.05, 4.69) is 9.97 Å². The largest absolute Gasteiger partial charge is 0.433 e. The number of fused-ring (bicyclic) bond motifs is 4. The van der Waals surface area contributed by atoms with E-state index in [0.717, 1.165) is 23.6 Å². The summed E-state index contributed by atoms with van der Waals surface area (Å²) in [4.78, 5) is 7.83. The SMILES string of the molecule is O=S(=O)(O)c1ccc2c(c1)cc(S(=O)(=O)O)c1oc(-c3ccc4ccccc4n3)nc12. The Morgan fingerprint density at radius 3 is 2.29 bits per heavy atom. The molecule has 11 heteroatoms. The zero-order valence-corrected chi connectivity index (χ0v) is 17.1. The lowest BCUT2D eigenvalue weighted by molar-refractivity contribution is 0.480. The Kier molecular flexibility index (Phi) is 4.14. The Hall–Kier alpha value is -3.38. The van der Waals surface area contributed by atoms with Gasteiger partial charge in [0.05, 0.1) is 10.4 Å². The summed E-state index contributed by atoms with van der Waals surface area (Å²) in [7, 11) is -9.26. The van der Waals surface area contributed by atoms with Crippen molar-refractivity contribution in [3.05, 3.63) is 60.7 Å². The molecule has 0 aliphatic carbocycles. The van der Waals surface area contributed by atoms with E-state index in [-0.39, 0.29) is 22.4 Å². The lowest BCUT2D eigenvalue weighted by Crippen LogP contribution is -2.00.